The van der Waals surface area contributed by atoms with Crippen LogP contribution in [0, 0.1) is 0 Å². The van der Waals surface area contributed by atoms with Crippen molar-refractivity contribution >= 4 is 11.9 Å². The normalized spacial score (nSPS) is 20.4. The minimum atomic E-state index is -0.442. The Morgan fingerprint density at radius 3 is 1.93 bits per heavy atom. The third kappa shape index (κ3) is 3.80. The van der Waals surface area contributed by atoms with Gasteiger partial charge in [0.2, 0.25) is 5.91 Å². The molecule has 2 fully saturated rings. The summed E-state index contributed by atoms with van der Waals surface area (Å²) in [4.78, 5) is 28.2. The molecule has 4 rings (SSSR count). The van der Waals surface area contributed by atoms with Crippen molar-refractivity contribution in [2.45, 2.75) is 12.1 Å². The molecule has 2 aliphatic heterocycles. The summed E-state index contributed by atoms with van der Waals surface area (Å²) < 4.78 is 0. The van der Waals surface area contributed by atoms with E-state index in [9.17, 15) is 9.59 Å². The van der Waals surface area contributed by atoms with Crippen LogP contribution in [0.2, 0.25) is 0 Å². The monoisotopic (exact) mass is 364 g/mol. The maximum absolute atomic E-state index is 12.6. The highest BCUT2D eigenvalue weighted by atomic mass is 16.2. The first-order valence-electron chi connectivity index (χ1n) is 9.39. The topological polar surface area (TPSA) is 64.7 Å². The maximum atomic E-state index is 12.6. The number of urea groups is 1. The molecule has 0 aliphatic carbocycles. The lowest BCUT2D eigenvalue weighted by Gasteiger charge is -2.40. The van der Waals surface area contributed by atoms with E-state index in [-0.39, 0.29) is 18.0 Å². The van der Waals surface area contributed by atoms with Crippen LogP contribution in [-0.2, 0) is 4.79 Å². The van der Waals surface area contributed by atoms with Crippen LogP contribution in [0.25, 0.3) is 0 Å². The third-order valence-corrected chi connectivity index (χ3v) is 5.29. The Hall–Kier alpha value is -2.86. The van der Waals surface area contributed by atoms with Crippen molar-refractivity contribution in [1.82, 2.24) is 20.4 Å². The lowest BCUT2D eigenvalue weighted by atomic mass is 9.96. The van der Waals surface area contributed by atoms with Crippen LogP contribution in [0.4, 0.5) is 4.79 Å². The summed E-state index contributed by atoms with van der Waals surface area (Å²) in [6.07, 6.45) is 0. The molecule has 0 spiro atoms. The van der Waals surface area contributed by atoms with E-state index in [4.69, 9.17) is 0 Å². The molecule has 6 heteroatoms. The van der Waals surface area contributed by atoms with Crippen LogP contribution >= 0.6 is 0 Å². The molecule has 2 N–H and O–H groups in total. The van der Waals surface area contributed by atoms with Crippen molar-refractivity contribution in [2.75, 3.05) is 32.7 Å². The van der Waals surface area contributed by atoms with Gasteiger partial charge in [-0.2, -0.15) is 0 Å². The van der Waals surface area contributed by atoms with Gasteiger partial charge in [0.15, 0.2) is 0 Å². The molecular formula is C21H24N4O2. The number of amides is 3. The molecule has 0 aromatic heterocycles. The zero-order valence-electron chi connectivity index (χ0n) is 15.2. The molecule has 3 amide bonds. The predicted molar refractivity (Wildman–Crippen MR) is 103 cm³/mol. The third-order valence-electron chi connectivity index (χ3n) is 5.29. The SMILES string of the molecule is O=C1NC[C@@H](C(=O)N2CCN(C(c3ccccc3)c3ccccc3)CC2)N1. The van der Waals surface area contributed by atoms with Gasteiger partial charge >= 0.3 is 6.03 Å². The second-order valence-corrected chi connectivity index (χ2v) is 6.99. The predicted octanol–water partition coefficient (Wildman–Crippen LogP) is 1.60. The molecule has 2 saturated heterocycles. The van der Waals surface area contributed by atoms with Gasteiger partial charge in [0.1, 0.15) is 6.04 Å². The van der Waals surface area contributed by atoms with Crippen molar-refractivity contribution < 1.29 is 9.59 Å². The van der Waals surface area contributed by atoms with E-state index in [0.717, 1.165) is 13.1 Å². The largest absolute Gasteiger partial charge is 0.338 e. The molecule has 1 atom stereocenters. The Morgan fingerprint density at radius 1 is 0.889 bits per heavy atom. The molecule has 140 valence electrons. The summed E-state index contributed by atoms with van der Waals surface area (Å²) in [6, 6.07) is 20.5. The highest BCUT2D eigenvalue weighted by Crippen LogP contribution is 2.29. The van der Waals surface area contributed by atoms with Crippen molar-refractivity contribution in [1.29, 1.82) is 0 Å². The van der Waals surface area contributed by atoms with Crippen molar-refractivity contribution in [2.24, 2.45) is 0 Å². The first kappa shape index (κ1) is 17.5. The molecule has 6 nitrogen and oxygen atoms in total. The van der Waals surface area contributed by atoms with Gasteiger partial charge in [-0.25, -0.2) is 4.79 Å². The first-order valence-corrected chi connectivity index (χ1v) is 9.39. The first-order chi connectivity index (χ1) is 13.2. The number of piperazine rings is 1. The van der Waals surface area contributed by atoms with Crippen LogP contribution in [-0.4, -0.2) is 60.5 Å². The van der Waals surface area contributed by atoms with Gasteiger partial charge in [-0.15, -0.1) is 0 Å². The molecule has 2 aromatic carbocycles. The quantitative estimate of drug-likeness (QED) is 0.866. The van der Waals surface area contributed by atoms with Gasteiger partial charge < -0.3 is 15.5 Å². The van der Waals surface area contributed by atoms with E-state index >= 15 is 0 Å². The number of carbonyl (C=O) groups is 2. The number of rotatable bonds is 4. The minimum Gasteiger partial charge on any atom is -0.338 e. The number of nitrogens with zero attached hydrogens (tertiary/aromatic N) is 2. The molecule has 0 radical (unpaired) electrons. The molecule has 27 heavy (non-hydrogen) atoms. The highest BCUT2D eigenvalue weighted by molar-refractivity contribution is 5.90. The number of nitrogens with one attached hydrogen (secondary N) is 2. The lowest BCUT2D eigenvalue weighted by Crippen LogP contribution is -2.54. The second kappa shape index (κ2) is 7.80. The Kier molecular flexibility index (Phi) is 5.07. The van der Waals surface area contributed by atoms with E-state index in [1.807, 2.05) is 17.0 Å². The van der Waals surface area contributed by atoms with Crippen molar-refractivity contribution in [3.05, 3.63) is 71.8 Å². The summed E-state index contributed by atoms with van der Waals surface area (Å²) in [6.45, 7) is 3.31. The molecule has 2 aromatic rings. The van der Waals surface area contributed by atoms with Gasteiger partial charge in [-0.3, -0.25) is 9.69 Å². The van der Waals surface area contributed by atoms with Gasteiger partial charge in [-0.1, -0.05) is 60.7 Å². The van der Waals surface area contributed by atoms with Crippen LogP contribution < -0.4 is 10.6 Å². The van der Waals surface area contributed by atoms with E-state index < -0.39 is 6.04 Å². The average Bonchev–Trinajstić information content (AvgIpc) is 3.16. The number of hydrogen-bond donors (Lipinski definition) is 2. The van der Waals surface area contributed by atoms with Crippen LogP contribution in [0.1, 0.15) is 17.2 Å². The molecular weight excluding hydrogens is 340 g/mol. The molecule has 0 unspecified atom stereocenters. The number of hydrogen-bond acceptors (Lipinski definition) is 3. The van der Waals surface area contributed by atoms with Gasteiger partial charge in [0.05, 0.1) is 6.04 Å². The van der Waals surface area contributed by atoms with Crippen LogP contribution in [0.5, 0.6) is 0 Å². The molecule has 2 heterocycles. The summed E-state index contributed by atoms with van der Waals surface area (Å²) in [7, 11) is 0. The van der Waals surface area contributed by atoms with Crippen LogP contribution in [0.3, 0.4) is 0 Å². The summed E-state index contributed by atoms with van der Waals surface area (Å²) >= 11 is 0. The Bertz CT molecular complexity index is 749. The molecule has 0 saturated carbocycles. The second-order valence-electron chi connectivity index (χ2n) is 6.99. The highest BCUT2D eigenvalue weighted by Gasteiger charge is 2.33. The summed E-state index contributed by atoms with van der Waals surface area (Å²) in [5, 5.41) is 5.33. The Balaban J connectivity index is 1.47. The molecule has 2 aliphatic rings. The Labute approximate surface area is 159 Å². The lowest BCUT2D eigenvalue weighted by molar-refractivity contribution is -0.134. The van der Waals surface area contributed by atoms with Gasteiger partial charge in [-0.05, 0) is 11.1 Å². The summed E-state index contributed by atoms with van der Waals surface area (Å²) in [5.74, 6) is 0.00368. The number of carbonyl (C=O) groups excluding carboxylic acids is 2. The summed E-state index contributed by atoms with van der Waals surface area (Å²) in [5.41, 5.74) is 2.52. The average molecular weight is 364 g/mol. The van der Waals surface area contributed by atoms with Crippen molar-refractivity contribution in [3.63, 3.8) is 0 Å². The maximum Gasteiger partial charge on any atom is 0.315 e. The molecule has 0 bridgehead atoms. The smallest absolute Gasteiger partial charge is 0.315 e. The van der Waals surface area contributed by atoms with Crippen LogP contribution in [0.15, 0.2) is 60.7 Å². The standard InChI is InChI=1S/C21H24N4O2/c26-20(18-15-22-21(27)23-18)25-13-11-24(12-14-25)19(16-7-3-1-4-8-16)17-9-5-2-6-10-17/h1-10,18-19H,11-15H2,(H2,22,23,27)/t18-/m0/s1. The Morgan fingerprint density at radius 2 is 1.44 bits per heavy atom. The van der Waals surface area contributed by atoms with E-state index in [2.05, 4.69) is 64.1 Å². The fraction of sp³-hybridized carbons (Fsp3) is 0.333. The minimum absolute atomic E-state index is 0.00368. The van der Waals surface area contributed by atoms with Gasteiger partial charge in [0.25, 0.3) is 0 Å². The van der Waals surface area contributed by atoms with Gasteiger partial charge in [0, 0.05) is 32.7 Å². The zero-order chi connectivity index (χ0) is 18.6. The van der Waals surface area contributed by atoms with E-state index in [1.165, 1.54) is 11.1 Å². The van der Waals surface area contributed by atoms with E-state index in [1.54, 1.807) is 0 Å². The van der Waals surface area contributed by atoms with Crippen molar-refractivity contribution in [3.8, 4) is 0 Å². The fourth-order valence-corrected chi connectivity index (χ4v) is 3.91. The number of benzene rings is 2. The van der Waals surface area contributed by atoms with E-state index in [0.29, 0.717) is 19.6 Å². The zero-order valence-corrected chi connectivity index (χ0v) is 15.2. The fourth-order valence-electron chi connectivity index (χ4n) is 3.91.